The van der Waals surface area contributed by atoms with Crippen molar-refractivity contribution < 1.29 is 4.74 Å². The molecule has 0 unspecified atom stereocenters. The quantitative estimate of drug-likeness (QED) is 0.868. The number of rotatable bonds is 4. The standard InChI is InChI=1S/C13H21N3O/c1-2-17-10-11-6-3-4-9-16(11)13-12(14)7-5-8-15-13/h5,7-8,11H,2-4,6,9-10,14H2,1H3/t11-/m1/s1. The van der Waals surface area contributed by atoms with E-state index in [1.807, 2.05) is 19.1 Å². The van der Waals surface area contributed by atoms with Crippen LogP contribution < -0.4 is 10.6 Å². The Morgan fingerprint density at radius 1 is 1.53 bits per heavy atom. The maximum Gasteiger partial charge on any atom is 0.152 e. The Balaban J connectivity index is 2.13. The number of anilines is 2. The molecule has 94 valence electrons. The Bertz CT molecular complexity index is 356. The van der Waals surface area contributed by atoms with E-state index in [1.54, 1.807) is 6.20 Å². The summed E-state index contributed by atoms with van der Waals surface area (Å²) < 4.78 is 5.55. The second-order valence-electron chi connectivity index (χ2n) is 4.42. The molecule has 0 bridgehead atoms. The highest BCUT2D eigenvalue weighted by molar-refractivity contribution is 5.62. The Labute approximate surface area is 103 Å². The van der Waals surface area contributed by atoms with Crippen molar-refractivity contribution in [2.45, 2.75) is 32.2 Å². The summed E-state index contributed by atoms with van der Waals surface area (Å²) in [5.74, 6) is 0.914. The molecule has 4 heteroatoms. The molecule has 0 aromatic carbocycles. The highest BCUT2D eigenvalue weighted by Gasteiger charge is 2.24. The lowest BCUT2D eigenvalue weighted by Gasteiger charge is -2.36. The van der Waals surface area contributed by atoms with Crippen molar-refractivity contribution in [2.24, 2.45) is 0 Å². The van der Waals surface area contributed by atoms with Gasteiger partial charge in [-0.15, -0.1) is 0 Å². The van der Waals surface area contributed by atoms with Gasteiger partial charge in [-0.05, 0) is 38.3 Å². The molecule has 1 aromatic rings. The van der Waals surface area contributed by atoms with E-state index in [-0.39, 0.29) is 0 Å². The first-order valence-corrected chi connectivity index (χ1v) is 6.37. The lowest BCUT2D eigenvalue weighted by molar-refractivity contribution is 0.123. The third-order valence-corrected chi connectivity index (χ3v) is 3.23. The van der Waals surface area contributed by atoms with E-state index in [1.165, 1.54) is 12.8 Å². The molecule has 2 rings (SSSR count). The van der Waals surface area contributed by atoms with Crippen LogP contribution in [0.25, 0.3) is 0 Å². The van der Waals surface area contributed by atoms with E-state index < -0.39 is 0 Å². The summed E-state index contributed by atoms with van der Waals surface area (Å²) in [6.07, 6.45) is 5.44. The van der Waals surface area contributed by atoms with Crippen LogP contribution in [0.5, 0.6) is 0 Å². The average Bonchev–Trinajstić information content (AvgIpc) is 2.37. The van der Waals surface area contributed by atoms with Crippen LogP contribution in [-0.2, 0) is 4.74 Å². The van der Waals surface area contributed by atoms with E-state index in [0.29, 0.717) is 6.04 Å². The SMILES string of the molecule is CCOC[C@H]1CCCCN1c1ncccc1N. The summed E-state index contributed by atoms with van der Waals surface area (Å²) in [5, 5.41) is 0. The molecule has 1 aliphatic rings. The second kappa shape index (κ2) is 5.87. The number of aromatic nitrogens is 1. The van der Waals surface area contributed by atoms with Gasteiger partial charge in [0.1, 0.15) is 0 Å². The molecule has 1 aromatic heterocycles. The minimum atomic E-state index is 0.417. The van der Waals surface area contributed by atoms with Gasteiger partial charge in [0.15, 0.2) is 5.82 Å². The molecular formula is C13H21N3O. The summed E-state index contributed by atoms with van der Waals surface area (Å²) >= 11 is 0. The zero-order valence-corrected chi connectivity index (χ0v) is 10.4. The zero-order valence-electron chi connectivity index (χ0n) is 10.4. The molecule has 0 spiro atoms. The van der Waals surface area contributed by atoms with Gasteiger partial charge in [-0.3, -0.25) is 0 Å². The maximum absolute atomic E-state index is 6.00. The fraction of sp³-hybridized carbons (Fsp3) is 0.615. The van der Waals surface area contributed by atoms with E-state index in [0.717, 1.165) is 37.7 Å². The van der Waals surface area contributed by atoms with Gasteiger partial charge in [0, 0.05) is 19.3 Å². The molecule has 17 heavy (non-hydrogen) atoms. The van der Waals surface area contributed by atoms with Crippen LogP contribution in [0.2, 0.25) is 0 Å². The van der Waals surface area contributed by atoms with Crippen molar-refractivity contribution in [3.8, 4) is 0 Å². The van der Waals surface area contributed by atoms with Crippen LogP contribution >= 0.6 is 0 Å². The number of hydrogen-bond donors (Lipinski definition) is 1. The first kappa shape index (κ1) is 12.2. The maximum atomic E-state index is 6.00. The molecule has 0 aliphatic carbocycles. The fourth-order valence-electron chi connectivity index (χ4n) is 2.36. The van der Waals surface area contributed by atoms with Gasteiger partial charge >= 0.3 is 0 Å². The van der Waals surface area contributed by atoms with Gasteiger partial charge in [0.25, 0.3) is 0 Å². The summed E-state index contributed by atoms with van der Waals surface area (Å²) in [7, 11) is 0. The Hall–Kier alpha value is -1.29. The summed E-state index contributed by atoms with van der Waals surface area (Å²) in [5.41, 5.74) is 6.76. The number of nitrogen functional groups attached to an aromatic ring is 1. The van der Waals surface area contributed by atoms with Gasteiger partial charge in [-0.1, -0.05) is 0 Å². The monoisotopic (exact) mass is 235 g/mol. The normalized spacial score (nSPS) is 20.5. The molecule has 0 amide bonds. The second-order valence-corrected chi connectivity index (χ2v) is 4.42. The zero-order chi connectivity index (χ0) is 12.1. The van der Waals surface area contributed by atoms with Crippen molar-refractivity contribution in [1.29, 1.82) is 0 Å². The highest BCUT2D eigenvalue weighted by atomic mass is 16.5. The Kier molecular flexibility index (Phi) is 4.20. The van der Waals surface area contributed by atoms with Crippen LogP contribution in [0.3, 0.4) is 0 Å². The molecule has 0 radical (unpaired) electrons. The van der Waals surface area contributed by atoms with Gasteiger partial charge in [-0.25, -0.2) is 4.98 Å². The van der Waals surface area contributed by atoms with Gasteiger partial charge in [-0.2, -0.15) is 0 Å². The van der Waals surface area contributed by atoms with Crippen molar-refractivity contribution in [2.75, 3.05) is 30.4 Å². The largest absolute Gasteiger partial charge is 0.396 e. The number of nitrogens with zero attached hydrogens (tertiary/aromatic N) is 2. The first-order chi connectivity index (χ1) is 8.33. The van der Waals surface area contributed by atoms with Crippen LogP contribution in [0.1, 0.15) is 26.2 Å². The van der Waals surface area contributed by atoms with Crippen LogP contribution in [0, 0.1) is 0 Å². The van der Waals surface area contributed by atoms with E-state index in [4.69, 9.17) is 10.5 Å². The lowest BCUT2D eigenvalue weighted by atomic mass is 10.0. The molecule has 0 saturated carbocycles. The first-order valence-electron chi connectivity index (χ1n) is 6.37. The minimum absolute atomic E-state index is 0.417. The summed E-state index contributed by atoms with van der Waals surface area (Å²) in [6.45, 7) is 4.59. The van der Waals surface area contributed by atoms with Crippen molar-refractivity contribution in [1.82, 2.24) is 4.98 Å². The average molecular weight is 235 g/mol. The van der Waals surface area contributed by atoms with Gasteiger partial charge < -0.3 is 15.4 Å². The molecular weight excluding hydrogens is 214 g/mol. The smallest absolute Gasteiger partial charge is 0.152 e. The molecule has 1 atom stereocenters. The van der Waals surface area contributed by atoms with Gasteiger partial charge in [0.2, 0.25) is 0 Å². The number of ether oxygens (including phenoxy) is 1. The van der Waals surface area contributed by atoms with E-state index in [2.05, 4.69) is 9.88 Å². The highest BCUT2D eigenvalue weighted by Crippen LogP contribution is 2.27. The Morgan fingerprint density at radius 3 is 3.18 bits per heavy atom. The molecule has 4 nitrogen and oxygen atoms in total. The van der Waals surface area contributed by atoms with Crippen LogP contribution in [0.4, 0.5) is 11.5 Å². The fourth-order valence-corrected chi connectivity index (χ4v) is 2.36. The molecule has 1 saturated heterocycles. The summed E-state index contributed by atoms with van der Waals surface area (Å²) in [6, 6.07) is 4.20. The molecule has 1 aliphatic heterocycles. The topological polar surface area (TPSA) is 51.4 Å². The van der Waals surface area contributed by atoms with Crippen molar-refractivity contribution >= 4 is 11.5 Å². The van der Waals surface area contributed by atoms with E-state index >= 15 is 0 Å². The van der Waals surface area contributed by atoms with E-state index in [9.17, 15) is 0 Å². The Morgan fingerprint density at radius 2 is 2.41 bits per heavy atom. The molecule has 1 fully saturated rings. The third kappa shape index (κ3) is 2.88. The number of piperidine rings is 1. The molecule has 2 N–H and O–H groups in total. The lowest BCUT2D eigenvalue weighted by Crippen LogP contribution is -2.43. The van der Waals surface area contributed by atoms with Crippen molar-refractivity contribution in [3.63, 3.8) is 0 Å². The summed E-state index contributed by atoms with van der Waals surface area (Å²) in [4.78, 5) is 6.71. The predicted octanol–water partition coefficient (Wildman–Crippen LogP) is 2.06. The van der Waals surface area contributed by atoms with Gasteiger partial charge in [0.05, 0.1) is 18.3 Å². The third-order valence-electron chi connectivity index (χ3n) is 3.23. The van der Waals surface area contributed by atoms with Crippen molar-refractivity contribution in [3.05, 3.63) is 18.3 Å². The predicted molar refractivity (Wildman–Crippen MR) is 70.1 cm³/mol. The number of pyridine rings is 1. The number of nitrogens with two attached hydrogens (primary N) is 1. The number of hydrogen-bond acceptors (Lipinski definition) is 4. The molecule has 2 heterocycles. The minimum Gasteiger partial charge on any atom is -0.396 e. The van der Waals surface area contributed by atoms with Crippen LogP contribution in [-0.4, -0.2) is 30.8 Å². The van der Waals surface area contributed by atoms with Crippen LogP contribution in [0.15, 0.2) is 18.3 Å².